The molecule has 1 aliphatic rings. The highest BCUT2D eigenvalue weighted by Gasteiger charge is 2.31. The fourth-order valence-electron chi connectivity index (χ4n) is 1.23. The summed E-state index contributed by atoms with van der Waals surface area (Å²) in [5.41, 5.74) is -0.183. The van der Waals surface area contributed by atoms with Crippen LogP contribution in [0.1, 0.15) is 6.42 Å². The summed E-state index contributed by atoms with van der Waals surface area (Å²) in [6.07, 6.45) is 1.74. The number of amides is 1. The molecule has 0 aliphatic carbocycles. The van der Waals surface area contributed by atoms with Crippen LogP contribution < -0.4 is 5.32 Å². The Balaban J connectivity index is 1.94. The standard InChI is InChI=1S/C9H7BrN4O4/c10-6-2-12-7(3-11-6)13-8(15)5-1-4(9(16)17)14-18-5/h2-3,5H,1H2,(H,16,17)(H,12,13,15). The van der Waals surface area contributed by atoms with E-state index in [0.29, 0.717) is 4.60 Å². The van der Waals surface area contributed by atoms with E-state index >= 15 is 0 Å². The molecule has 0 bridgehead atoms. The lowest BCUT2D eigenvalue weighted by atomic mass is 10.2. The molecule has 1 aliphatic heterocycles. The zero-order chi connectivity index (χ0) is 13.1. The largest absolute Gasteiger partial charge is 0.477 e. The Bertz CT molecular complexity index is 516. The van der Waals surface area contributed by atoms with Gasteiger partial charge in [0.1, 0.15) is 4.60 Å². The van der Waals surface area contributed by atoms with Crippen molar-refractivity contribution in [2.45, 2.75) is 12.5 Å². The average Bonchev–Trinajstić information content (AvgIpc) is 2.81. The maximum atomic E-state index is 11.7. The number of rotatable bonds is 3. The fraction of sp³-hybridized carbons (Fsp3) is 0.222. The van der Waals surface area contributed by atoms with Crippen molar-refractivity contribution >= 4 is 39.3 Å². The summed E-state index contributed by atoms with van der Waals surface area (Å²) in [5, 5.41) is 14.4. The summed E-state index contributed by atoms with van der Waals surface area (Å²) in [4.78, 5) is 34.8. The molecule has 1 amide bonds. The highest BCUT2D eigenvalue weighted by molar-refractivity contribution is 9.10. The van der Waals surface area contributed by atoms with Crippen LogP contribution in [-0.4, -0.2) is 38.8 Å². The van der Waals surface area contributed by atoms with E-state index < -0.39 is 18.0 Å². The molecule has 94 valence electrons. The molecule has 2 N–H and O–H groups in total. The topological polar surface area (TPSA) is 114 Å². The summed E-state index contributed by atoms with van der Waals surface area (Å²) in [6.45, 7) is 0. The van der Waals surface area contributed by atoms with Crippen LogP contribution in [0.2, 0.25) is 0 Å². The molecule has 1 aromatic heterocycles. The average molecular weight is 315 g/mol. The number of nitrogens with zero attached hydrogens (tertiary/aromatic N) is 3. The predicted molar refractivity (Wildman–Crippen MR) is 62.9 cm³/mol. The normalized spacial score (nSPS) is 17.8. The number of aliphatic carboxylic acids is 1. The summed E-state index contributed by atoms with van der Waals surface area (Å²) in [7, 11) is 0. The van der Waals surface area contributed by atoms with Gasteiger partial charge < -0.3 is 15.3 Å². The molecule has 1 atom stereocenters. The van der Waals surface area contributed by atoms with Crippen molar-refractivity contribution in [1.29, 1.82) is 0 Å². The van der Waals surface area contributed by atoms with Gasteiger partial charge in [0.2, 0.25) is 6.10 Å². The highest BCUT2D eigenvalue weighted by Crippen LogP contribution is 2.13. The van der Waals surface area contributed by atoms with Crippen LogP contribution in [0, 0.1) is 0 Å². The van der Waals surface area contributed by atoms with Crippen molar-refractivity contribution in [2.75, 3.05) is 5.32 Å². The van der Waals surface area contributed by atoms with E-state index in [1.807, 2.05) is 0 Å². The second-order valence-corrected chi connectivity index (χ2v) is 4.17. The SMILES string of the molecule is O=C(O)C1=NOC(C(=O)Nc2cnc(Br)cn2)C1. The molecule has 2 heterocycles. The number of anilines is 1. The number of carboxylic acids is 1. The second kappa shape index (κ2) is 5.08. The number of carbonyl (C=O) groups excluding carboxylic acids is 1. The van der Waals surface area contributed by atoms with Gasteiger partial charge in [0.15, 0.2) is 11.5 Å². The van der Waals surface area contributed by atoms with Gasteiger partial charge in [0.05, 0.1) is 12.4 Å². The zero-order valence-electron chi connectivity index (χ0n) is 8.83. The quantitative estimate of drug-likeness (QED) is 0.835. The number of oxime groups is 1. The lowest BCUT2D eigenvalue weighted by molar-refractivity contribution is -0.129. The van der Waals surface area contributed by atoms with Gasteiger partial charge in [-0.3, -0.25) is 4.79 Å². The van der Waals surface area contributed by atoms with Crippen LogP contribution in [0.25, 0.3) is 0 Å². The van der Waals surface area contributed by atoms with Crippen molar-refractivity contribution < 1.29 is 19.5 Å². The maximum Gasteiger partial charge on any atom is 0.353 e. The molecular formula is C9H7BrN4O4. The molecule has 1 unspecified atom stereocenters. The lowest BCUT2D eigenvalue weighted by Crippen LogP contribution is -2.29. The maximum absolute atomic E-state index is 11.7. The summed E-state index contributed by atoms with van der Waals surface area (Å²) >= 11 is 3.11. The van der Waals surface area contributed by atoms with E-state index in [-0.39, 0.29) is 18.0 Å². The number of carbonyl (C=O) groups is 2. The first-order valence-electron chi connectivity index (χ1n) is 4.80. The van der Waals surface area contributed by atoms with Crippen molar-refractivity contribution in [2.24, 2.45) is 5.16 Å². The van der Waals surface area contributed by atoms with Crippen LogP contribution in [0.5, 0.6) is 0 Å². The number of hydrogen-bond donors (Lipinski definition) is 2. The first kappa shape index (κ1) is 12.4. The number of aromatic nitrogens is 2. The first-order valence-corrected chi connectivity index (χ1v) is 5.60. The van der Waals surface area contributed by atoms with Crippen LogP contribution in [0.3, 0.4) is 0 Å². The molecule has 0 spiro atoms. The Morgan fingerprint density at radius 2 is 2.22 bits per heavy atom. The molecule has 0 fully saturated rings. The van der Waals surface area contributed by atoms with Gasteiger partial charge in [-0.1, -0.05) is 5.16 Å². The van der Waals surface area contributed by atoms with Crippen molar-refractivity contribution in [1.82, 2.24) is 9.97 Å². The van der Waals surface area contributed by atoms with Gasteiger partial charge in [0, 0.05) is 6.42 Å². The molecule has 0 radical (unpaired) electrons. The minimum absolute atomic E-state index is 0.0783. The molecule has 2 rings (SSSR count). The Morgan fingerprint density at radius 1 is 1.44 bits per heavy atom. The molecule has 0 saturated carbocycles. The van der Waals surface area contributed by atoms with Crippen LogP contribution in [-0.2, 0) is 14.4 Å². The van der Waals surface area contributed by atoms with Crippen LogP contribution in [0.15, 0.2) is 22.2 Å². The third-order valence-electron chi connectivity index (χ3n) is 2.08. The monoisotopic (exact) mass is 314 g/mol. The van der Waals surface area contributed by atoms with Crippen molar-refractivity contribution in [3.8, 4) is 0 Å². The lowest BCUT2D eigenvalue weighted by Gasteiger charge is -2.07. The van der Waals surface area contributed by atoms with E-state index in [1.165, 1.54) is 12.4 Å². The molecule has 9 heteroatoms. The number of hydrogen-bond acceptors (Lipinski definition) is 6. The Labute approximate surface area is 109 Å². The highest BCUT2D eigenvalue weighted by atomic mass is 79.9. The first-order chi connectivity index (χ1) is 8.56. The molecular weight excluding hydrogens is 308 g/mol. The van der Waals surface area contributed by atoms with Crippen molar-refractivity contribution in [3.63, 3.8) is 0 Å². The van der Waals surface area contributed by atoms with E-state index in [9.17, 15) is 9.59 Å². The molecule has 1 aromatic rings. The van der Waals surface area contributed by atoms with E-state index in [1.54, 1.807) is 0 Å². The Kier molecular flexibility index (Phi) is 3.51. The summed E-state index contributed by atoms with van der Waals surface area (Å²) in [6, 6.07) is 0. The Hall–Kier alpha value is -2.03. The molecule has 18 heavy (non-hydrogen) atoms. The minimum Gasteiger partial charge on any atom is -0.477 e. The van der Waals surface area contributed by atoms with Gasteiger partial charge >= 0.3 is 5.97 Å². The van der Waals surface area contributed by atoms with Crippen LogP contribution >= 0.6 is 15.9 Å². The summed E-state index contributed by atoms with van der Waals surface area (Å²) < 4.78 is 0.536. The number of carboxylic acid groups (broad SMARTS) is 1. The van der Waals surface area contributed by atoms with E-state index in [4.69, 9.17) is 9.94 Å². The zero-order valence-corrected chi connectivity index (χ0v) is 10.4. The predicted octanol–water partition coefficient (Wildman–Crippen LogP) is 0.407. The fourth-order valence-corrected chi connectivity index (χ4v) is 1.43. The van der Waals surface area contributed by atoms with E-state index in [2.05, 4.69) is 36.4 Å². The van der Waals surface area contributed by atoms with Gasteiger partial charge in [-0.05, 0) is 15.9 Å². The number of nitrogens with one attached hydrogen (secondary N) is 1. The van der Waals surface area contributed by atoms with Crippen molar-refractivity contribution in [3.05, 3.63) is 17.0 Å². The third-order valence-corrected chi connectivity index (χ3v) is 2.49. The minimum atomic E-state index is -1.20. The molecule has 0 aromatic carbocycles. The van der Waals surface area contributed by atoms with Gasteiger partial charge in [-0.2, -0.15) is 0 Å². The smallest absolute Gasteiger partial charge is 0.353 e. The summed E-state index contributed by atoms with van der Waals surface area (Å²) in [5.74, 6) is -1.48. The van der Waals surface area contributed by atoms with Gasteiger partial charge in [0.25, 0.3) is 5.91 Å². The third kappa shape index (κ3) is 2.80. The molecule has 0 saturated heterocycles. The Morgan fingerprint density at radius 3 is 2.78 bits per heavy atom. The van der Waals surface area contributed by atoms with E-state index in [0.717, 1.165) is 0 Å². The molecule has 8 nitrogen and oxygen atoms in total. The van der Waals surface area contributed by atoms with Gasteiger partial charge in [-0.25, -0.2) is 14.8 Å². The van der Waals surface area contributed by atoms with Gasteiger partial charge in [-0.15, -0.1) is 0 Å². The second-order valence-electron chi connectivity index (χ2n) is 3.35. The number of halogens is 1. The van der Waals surface area contributed by atoms with Crippen LogP contribution in [0.4, 0.5) is 5.82 Å².